The van der Waals surface area contributed by atoms with E-state index in [0.29, 0.717) is 11.6 Å². The molecule has 8 heteroatoms. The van der Waals surface area contributed by atoms with E-state index in [1.807, 2.05) is 58.9 Å². The molecule has 0 saturated carbocycles. The fourth-order valence-electron chi connectivity index (χ4n) is 4.06. The van der Waals surface area contributed by atoms with Crippen LogP contribution in [-0.4, -0.2) is 39.9 Å². The van der Waals surface area contributed by atoms with Gasteiger partial charge in [-0.25, -0.2) is 9.78 Å². The number of hydrogen-bond acceptors (Lipinski definition) is 6. The van der Waals surface area contributed by atoms with E-state index in [4.69, 9.17) is 14.5 Å². The van der Waals surface area contributed by atoms with Crippen LogP contribution in [0.2, 0.25) is 0 Å². The van der Waals surface area contributed by atoms with E-state index in [1.165, 1.54) is 10.9 Å². The second-order valence-corrected chi connectivity index (χ2v) is 8.90. The van der Waals surface area contributed by atoms with Crippen LogP contribution < -0.4 is 10.1 Å². The third-order valence-corrected chi connectivity index (χ3v) is 6.03. The third-order valence-electron chi connectivity index (χ3n) is 6.03. The molecule has 0 aliphatic carbocycles. The van der Waals surface area contributed by atoms with Crippen molar-refractivity contribution in [3.8, 4) is 11.6 Å². The first-order valence-corrected chi connectivity index (χ1v) is 11.8. The van der Waals surface area contributed by atoms with E-state index in [-0.39, 0.29) is 24.6 Å². The van der Waals surface area contributed by atoms with Crippen molar-refractivity contribution in [2.24, 2.45) is 0 Å². The van der Waals surface area contributed by atoms with Crippen molar-refractivity contribution in [3.63, 3.8) is 0 Å². The lowest BCUT2D eigenvalue weighted by Gasteiger charge is -2.14. The molecule has 36 heavy (non-hydrogen) atoms. The molecule has 4 rings (SSSR count). The first-order chi connectivity index (χ1) is 17.2. The molecular weight excluding hydrogens is 456 g/mol. The fraction of sp³-hybridized carbons (Fsp3) is 0.286. The molecule has 2 aromatic carbocycles. The molecule has 0 bridgehead atoms. The van der Waals surface area contributed by atoms with Gasteiger partial charge in [-0.3, -0.25) is 4.79 Å². The summed E-state index contributed by atoms with van der Waals surface area (Å²) in [5, 5.41) is 8.20. The summed E-state index contributed by atoms with van der Waals surface area (Å²) in [6.45, 7) is 11.7. The third kappa shape index (κ3) is 5.07. The van der Waals surface area contributed by atoms with E-state index in [2.05, 4.69) is 22.5 Å². The summed E-state index contributed by atoms with van der Waals surface area (Å²) < 4.78 is 12.3. The number of hydrogen-bond donors (Lipinski definition) is 1. The second kappa shape index (κ2) is 10.2. The van der Waals surface area contributed by atoms with E-state index in [9.17, 15) is 9.59 Å². The normalized spacial score (nSPS) is 10.9. The Morgan fingerprint density at radius 3 is 2.44 bits per heavy atom. The number of rotatable bonds is 7. The minimum Gasteiger partial charge on any atom is -0.484 e. The highest BCUT2D eigenvalue weighted by Crippen LogP contribution is 2.27. The molecular formula is C28H30N4O4. The highest BCUT2D eigenvalue weighted by Gasteiger charge is 2.23. The molecule has 0 radical (unpaired) electrons. The highest BCUT2D eigenvalue weighted by atomic mass is 16.5. The molecule has 2 heterocycles. The number of ether oxygens (including phenoxy) is 2. The van der Waals surface area contributed by atoms with Gasteiger partial charge in [0.1, 0.15) is 11.3 Å². The van der Waals surface area contributed by atoms with Crippen LogP contribution in [0.5, 0.6) is 5.75 Å². The topological polar surface area (TPSA) is 95.3 Å². The summed E-state index contributed by atoms with van der Waals surface area (Å²) in [6, 6.07) is 11.7. The summed E-state index contributed by atoms with van der Waals surface area (Å²) in [4.78, 5) is 30.3. The second-order valence-electron chi connectivity index (χ2n) is 8.90. The van der Waals surface area contributed by atoms with Gasteiger partial charge >= 0.3 is 5.97 Å². The van der Waals surface area contributed by atoms with E-state index in [1.54, 1.807) is 6.92 Å². The lowest BCUT2D eigenvalue weighted by Crippen LogP contribution is -2.23. The Morgan fingerprint density at radius 1 is 0.944 bits per heavy atom. The van der Waals surface area contributed by atoms with Crippen LogP contribution in [0.25, 0.3) is 16.7 Å². The Balaban J connectivity index is 1.69. The Hall–Kier alpha value is -4.20. The summed E-state index contributed by atoms with van der Waals surface area (Å²) in [6.07, 6.45) is 1.38. The summed E-state index contributed by atoms with van der Waals surface area (Å²) in [7, 11) is 0. The predicted octanol–water partition coefficient (Wildman–Crippen LogP) is 5.16. The minimum atomic E-state index is -0.585. The molecule has 0 saturated heterocycles. The molecule has 186 valence electrons. The average molecular weight is 487 g/mol. The number of carbonyl (C=O) groups excluding carboxylic acids is 2. The molecule has 0 aliphatic rings. The van der Waals surface area contributed by atoms with Gasteiger partial charge in [-0.15, -0.1) is 0 Å². The maximum atomic E-state index is 12.9. The van der Waals surface area contributed by atoms with Gasteiger partial charge < -0.3 is 14.8 Å². The number of nitrogens with one attached hydrogen (secondary N) is 1. The molecule has 2 aromatic heterocycles. The van der Waals surface area contributed by atoms with Gasteiger partial charge in [0.05, 0.1) is 18.3 Å². The first kappa shape index (κ1) is 24.9. The van der Waals surface area contributed by atoms with Crippen LogP contribution in [0.1, 0.15) is 45.1 Å². The van der Waals surface area contributed by atoms with Crippen molar-refractivity contribution in [1.82, 2.24) is 14.8 Å². The quantitative estimate of drug-likeness (QED) is 0.363. The Kier molecular flexibility index (Phi) is 7.05. The summed E-state index contributed by atoms with van der Waals surface area (Å²) in [5.41, 5.74) is 6.36. The van der Waals surface area contributed by atoms with E-state index >= 15 is 0 Å². The van der Waals surface area contributed by atoms with Crippen molar-refractivity contribution in [3.05, 3.63) is 76.0 Å². The molecule has 0 spiro atoms. The molecule has 0 atom stereocenters. The number of benzene rings is 2. The smallest absolute Gasteiger partial charge is 0.343 e. The standard InChI is InChI=1S/C28H30N4O4/c1-7-35-28(34)23-14-29-32(24-13-19(5)22-11-16(2)10-20(6)26(22)30-24)27(23)31-25(33)15-36-21-9-8-17(3)18(4)12-21/h8-14H,7,15H2,1-6H3,(H,31,33). The molecule has 4 aromatic rings. The largest absolute Gasteiger partial charge is 0.484 e. The minimum absolute atomic E-state index is 0.136. The summed E-state index contributed by atoms with van der Waals surface area (Å²) >= 11 is 0. The molecule has 0 aliphatic heterocycles. The maximum Gasteiger partial charge on any atom is 0.343 e. The Labute approximate surface area is 210 Å². The van der Waals surface area contributed by atoms with Crippen LogP contribution in [0.4, 0.5) is 5.82 Å². The van der Waals surface area contributed by atoms with Crippen molar-refractivity contribution in [1.29, 1.82) is 0 Å². The SMILES string of the molecule is CCOC(=O)c1cnn(-c2cc(C)c3cc(C)cc(C)c3n2)c1NC(=O)COc1ccc(C)c(C)c1. The molecule has 1 N–H and O–H groups in total. The van der Waals surface area contributed by atoms with Crippen molar-refractivity contribution in [2.45, 2.75) is 41.5 Å². The van der Waals surface area contributed by atoms with Crippen LogP contribution >= 0.6 is 0 Å². The van der Waals surface area contributed by atoms with Crippen LogP contribution in [0.15, 0.2) is 42.6 Å². The lowest BCUT2D eigenvalue weighted by atomic mass is 10.0. The monoisotopic (exact) mass is 486 g/mol. The zero-order valence-corrected chi connectivity index (χ0v) is 21.4. The number of aromatic nitrogens is 3. The number of aryl methyl sites for hydroxylation is 5. The number of amides is 1. The number of anilines is 1. The van der Waals surface area contributed by atoms with E-state index < -0.39 is 11.9 Å². The number of nitrogens with zero attached hydrogens (tertiary/aromatic N) is 3. The van der Waals surface area contributed by atoms with Crippen molar-refractivity contribution in [2.75, 3.05) is 18.5 Å². The van der Waals surface area contributed by atoms with E-state index in [0.717, 1.165) is 38.7 Å². The lowest BCUT2D eigenvalue weighted by molar-refractivity contribution is -0.118. The molecule has 1 amide bonds. The Bertz CT molecular complexity index is 1470. The van der Waals surface area contributed by atoms with Crippen molar-refractivity contribution < 1.29 is 19.1 Å². The van der Waals surface area contributed by atoms with Crippen LogP contribution in [0.3, 0.4) is 0 Å². The predicted molar refractivity (Wildman–Crippen MR) is 139 cm³/mol. The number of carbonyl (C=O) groups is 2. The molecule has 0 unspecified atom stereocenters. The van der Waals surface area contributed by atoms with Gasteiger partial charge in [0.15, 0.2) is 18.2 Å². The average Bonchev–Trinajstić information content (AvgIpc) is 3.24. The van der Waals surface area contributed by atoms with Gasteiger partial charge in [-0.05, 0) is 88.1 Å². The van der Waals surface area contributed by atoms with Crippen LogP contribution in [0, 0.1) is 34.6 Å². The maximum absolute atomic E-state index is 12.9. The Morgan fingerprint density at radius 2 is 1.72 bits per heavy atom. The van der Waals surface area contributed by atoms with Gasteiger partial charge in [-0.2, -0.15) is 9.78 Å². The van der Waals surface area contributed by atoms with Crippen molar-refractivity contribution >= 4 is 28.6 Å². The zero-order chi connectivity index (χ0) is 26.0. The zero-order valence-electron chi connectivity index (χ0n) is 21.4. The van der Waals surface area contributed by atoms with Gasteiger partial charge in [0.25, 0.3) is 5.91 Å². The molecule has 0 fully saturated rings. The van der Waals surface area contributed by atoms with Crippen LogP contribution in [-0.2, 0) is 9.53 Å². The van der Waals surface area contributed by atoms with Gasteiger partial charge in [0.2, 0.25) is 0 Å². The first-order valence-electron chi connectivity index (χ1n) is 11.8. The highest BCUT2D eigenvalue weighted by molar-refractivity contribution is 6.01. The van der Waals surface area contributed by atoms with Gasteiger partial charge in [-0.1, -0.05) is 17.7 Å². The fourth-order valence-corrected chi connectivity index (χ4v) is 4.06. The van der Waals surface area contributed by atoms with Gasteiger partial charge in [0, 0.05) is 5.39 Å². The molecule has 8 nitrogen and oxygen atoms in total. The number of pyridine rings is 1. The number of fused-ring (bicyclic) bond motifs is 1. The number of esters is 1. The summed E-state index contributed by atoms with van der Waals surface area (Å²) in [5.74, 6) is 0.222.